The van der Waals surface area contributed by atoms with Gasteiger partial charge in [-0.25, -0.2) is 4.98 Å². The lowest BCUT2D eigenvalue weighted by Crippen LogP contribution is -2.34. The Balaban J connectivity index is 1.32. The number of carbonyl (C=O) groups is 1. The third-order valence-electron chi connectivity index (χ3n) is 6.08. The summed E-state index contributed by atoms with van der Waals surface area (Å²) in [6.07, 6.45) is 2.84. The Morgan fingerprint density at radius 1 is 1.40 bits per heavy atom. The normalized spacial score (nSPS) is 30.2. The summed E-state index contributed by atoms with van der Waals surface area (Å²) in [5.41, 5.74) is 1.23. The number of benzene rings is 1. The molecule has 1 saturated heterocycles. The summed E-state index contributed by atoms with van der Waals surface area (Å²) in [7, 11) is 0. The van der Waals surface area contributed by atoms with Gasteiger partial charge in [-0.3, -0.25) is 9.89 Å². The third-order valence-corrected chi connectivity index (χ3v) is 6.08. The molecule has 2 aliphatic heterocycles. The molecule has 1 N–H and O–H groups in total. The number of amides is 1. The van der Waals surface area contributed by atoms with Crippen molar-refractivity contribution in [3.63, 3.8) is 0 Å². The molecule has 1 aliphatic carbocycles. The highest BCUT2D eigenvalue weighted by atomic mass is 16.5. The molecule has 6 heteroatoms. The molecule has 3 heterocycles. The molecule has 1 aromatic carbocycles. The molecular weight excluding hydrogens is 316 g/mol. The molecule has 2 fully saturated rings. The number of aromatic nitrogens is 3. The minimum atomic E-state index is 0.00515. The van der Waals surface area contributed by atoms with Crippen LogP contribution in [0.2, 0.25) is 0 Å². The van der Waals surface area contributed by atoms with Crippen LogP contribution >= 0.6 is 0 Å². The van der Waals surface area contributed by atoms with Crippen molar-refractivity contribution < 1.29 is 9.53 Å². The Hall–Kier alpha value is -2.37. The summed E-state index contributed by atoms with van der Waals surface area (Å²) in [6.45, 7) is 4.16. The number of carbonyl (C=O) groups excluding carboxylic acids is 1. The molecule has 1 saturated carbocycles. The Bertz CT molecular complexity index is 832. The van der Waals surface area contributed by atoms with Gasteiger partial charge in [0.05, 0.1) is 6.61 Å². The molecule has 3 aliphatic rings. The minimum Gasteiger partial charge on any atom is -0.493 e. The van der Waals surface area contributed by atoms with Crippen LogP contribution in [0.1, 0.15) is 42.4 Å². The highest BCUT2D eigenvalue weighted by molar-refractivity contribution is 5.85. The van der Waals surface area contributed by atoms with Crippen LogP contribution in [-0.4, -0.2) is 45.7 Å². The van der Waals surface area contributed by atoms with Crippen LogP contribution in [0.3, 0.4) is 0 Å². The summed E-state index contributed by atoms with van der Waals surface area (Å²) in [6, 6.07) is 8.20. The summed E-state index contributed by atoms with van der Waals surface area (Å²) in [4.78, 5) is 19.6. The van der Waals surface area contributed by atoms with E-state index in [-0.39, 0.29) is 17.3 Å². The quantitative estimate of drug-likeness (QED) is 0.911. The van der Waals surface area contributed by atoms with Crippen molar-refractivity contribution >= 4 is 5.91 Å². The van der Waals surface area contributed by atoms with Gasteiger partial charge in [0.2, 0.25) is 5.91 Å². The van der Waals surface area contributed by atoms with Gasteiger partial charge in [0, 0.05) is 35.9 Å². The highest BCUT2D eigenvalue weighted by Gasteiger charge is 2.62. The first-order valence-electron chi connectivity index (χ1n) is 9.07. The Kier molecular flexibility index (Phi) is 3.17. The van der Waals surface area contributed by atoms with Crippen LogP contribution in [0.4, 0.5) is 0 Å². The number of H-pyrrole nitrogens is 1. The van der Waals surface area contributed by atoms with E-state index in [4.69, 9.17) is 4.74 Å². The van der Waals surface area contributed by atoms with Crippen molar-refractivity contribution in [3.8, 4) is 5.75 Å². The predicted molar refractivity (Wildman–Crippen MR) is 91.4 cm³/mol. The number of aromatic amines is 1. The van der Waals surface area contributed by atoms with Crippen LogP contribution < -0.4 is 4.74 Å². The first-order chi connectivity index (χ1) is 12.2. The summed E-state index contributed by atoms with van der Waals surface area (Å²) >= 11 is 0. The highest BCUT2D eigenvalue weighted by Crippen LogP contribution is 2.61. The molecule has 1 amide bonds. The van der Waals surface area contributed by atoms with E-state index in [1.165, 1.54) is 5.56 Å². The van der Waals surface area contributed by atoms with Gasteiger partial charge in [0.15, 0.2) is 5.82 Å². The van der Waals surface area contributed by atoms with Crippen LogP contribution in [0.15, 0.2) is 24.3 Å². The molecule has 0 radical (unpaired) electrons. The minimum absolute atomic E-state index is 0.00515. The number of ether oxygens (including phenoxy) is 1. The second kappa shape index (κ2) is 5.31. The van der Waals surface area contributed by atoms with Crippen molar-refractivity contribution in [2.75, 3.05) is 19.7 Å². The molecule has 3 atom stereocenters. The fraction of sp³-hybridized carbons (Fsp3) is 0.526. The number of para-hydroxylation sites is 1. The molecule has 6 nitrogen and oxygen atoms in total. The van der Waals surface area contributed by atoms with E-state index in [0.29, 0.717) is 12.5 Å². The first-order valence-corrected chi connectivity index (χ1v) is 9.07. The van der Waals surface area contributed by atoms with Crippen LogP contribution in [0.25, 0.3) is 0 Å². The van der Waals surface area contributed by atoms with E-state index >= 15 is 0 Å². The van der Waals surface area contributed by atoms with Crippen molar-refractivity contribution in [2.24, 2.45) is 5.92 Å². The molecule has 1 spiro atoms. The van der Waals surface area contributed by atoms with Gasteiger partial charge in [-0.1, -0.05) is 18.2 Å². The van der Waals surface area contributed by atoms with Gasteiger partial charge in [-0.2, -0.15) is 5.10 Å². The van der Waals surface area contributed by atoms with E-state index in [2.05, 4.69) is 21.2 Å². The van der Waals surface area contributed by atoms with Gasteiger partial charge >= 0.3 is 0 Å². The fourth-order valence-electron chi connectivity index (χ4n) is 4.62. The maximum Gasteiger partial charge on any atom is 0.226 e. The summed E-state index contributed by atoms with van der Waals surface area (Å²) in [5.74, 6) is 3.29. The van der Waals surface area contributed by atoms with E-state index in [9.17, 15) is 4.79 Å². The maximum atomic E-state index is 13.1. The molecule has 1 aromatic heterocycles. The van der Waals surface area contributed by atoms with Crippen molar-refractivity contribution in [3.05, 3.63) is 41.5 Å². The lowest BCUT2D eigenvalue weighted by Gasteiger charge is -2.27. The topological polar surface area (TPSA) is 71.1 Å². The van der Waals surface area contributed by atoms with E-state index in [1.807, 2.05) is 30.0 Å². The predicted octanol–water partition coefficient (Wildman–Crippen LogP) is 2.17. The number of hydrogen-bond donors (Lipinski definition) is 1. The SMILES string of the molecule is Cc1nc(C2CCN(C(=O)C3CC34CCOc3ccccc34)C2)n[nH]1. The second-order valence-electron chi connectivity index (χ2n) is 7.56. The Morgan fingerprint density at radius 2 is 2.28 bits per heavy atom. The largest absolute Gasteiger partial charge is 0.493 e. The lowest BCUT2D eigenvalue weighted by atomic mass is 9.87. The summed E-state index contributed by atoms with van der Waals surface area (Å²) < 4.78 is 5.78. The molecule has 0 bridgehead atoms. The maximum absolute atomic E-state index is 13.1. The molecule has 5 rings (SSSR count). The smallest absolute Gasteiger partial charge is 0.226 e. The van der Waals surface area contributed by atoms with Crippen LogP contribution in [0.5, 0.6) is 5.75 Å². The number of aryl methyl sites for hydroxylation is 1. The van der Waals surface area contributed by atoms with E-state index in [0.717, 1.165) is 49.8 Å². The fourth-order valence-corrected chi connectivity index (χ4v) is 4.62. The average molecular weight is 338 g/mol. The van der Waals surface area contributed by atoms with Gasteiger partial charge in [-0.05, 0) is 32.3 Å². The average Bonchev–Trinajstić information content (AvgIpc) is 2.99. The van der Waals surface area contributed by atoms with Crippen LogP contribution in [-0.2, 0) is 10.2 Å². The zero-order valence-corrected chi connectivity index (χ0v) is 14.4. The van der Waals surface area contributed by atoms with Gasteiger partial charge in [-0.15, -0.1) is 0 Å². The number of rotatable bonds is 2. The lowest BCUT2D eigenvalue weighted by molar-refractivity contribution is -0.132. The zero-order valence-electron chi connectivity index (χ0n) is 14.4. The van der Waals surface area contributed by atoms with Gasteiger partial charge in [0.1, 0.15) is 11.6 Å². The number of likely N-dealkylation sites (tertiary alicyclic amines) is 1. The molecule has 25 heavy (non-hydrogen) atoms. The number of hydrogen-bond acceptors (Lipinski definition) is 4. The van der Waals surface area contributed by atoms with E-state index < -0.39 is 0 Å². The number of fused-ring (bicyclic) bond motifs is 2. The standard InChI is InChI=1S/C19H22N4O2/c1-12-20-17(22-21-12)13-6-8-23(11-13)18(24)15-10-19(15)7-9-25-16-5-3-2-4-14(16)19/h2-5,13,15H,6-11H2,1H3,(H,20,21,22). The summed E-state index contributed by atoms with van der Waals surface area (Å²) in [5, 5.41) is 7.18. The zero-order chi connectivity index (χ0) is 17.0. The second-order valence-corrected chi connectivity index (χ2v) is 7.56. The number of nitrogens with one attached hydrogen (secondary N) is 1. The van der Waals surface area contributed by atoms with Crippen molar-refractivity contribution in [2.45, 2.75) is 37.5 Å². The monoisotopic (exact) mass is 338 g/mol. The Morgan fingerprint density at radius 3 is 3.12 bits per heavy atom. The Labute approximate surface area is 146 Å². The molecular formula is C19H22N4O2. The first kappa shape index (κ1) is 14.9. The molecule has 130 valence electrons. The third kappa shape index (κ3) is 2.27. The molecule has 2 aromatic rings. The molecule has 3 unspecified atom stereocenters. The number of nitrogens with zero attached hydrogens (tertiary/aromatic N) is 3. The van der Waals surface area contributed by atoms with Crippen molar-refractivity contribution in [1.29, 1.82) is 0 Å². The van der Waals surface area contributed by atoms with Crippen molar-refractivity contribution in [1.82, 2.24) is 20.1 Å². The van der Waals surface area contributed by atoms with E-state index in [1.54, 1.807) is 0 Å². The van der Waals surface area contributed by atoms with Crippen LogP contribution in [0, 0.1) is 12.8 Å². The van der Waals surface area contributed by atoms with Gasteiger partial charge < -0.3 is 9.64 Å². The van der Waals surface area contributed by atoms with Gasteiger partial charge in [0.25, 0.3) is 0 Å².